The quantitative estimate of drug-likeness (QED) is 0.565. The Balaban J connectivity index is 1.77. The van der Waals surface area contributed by atoms with E-state index in [4.69, 9.17) is 11.6 Å². The molecular formula is C16H20ClFN6O. The van der Waals surface area contributed by atoms with E-state index in [0.717, 1.165) is 18.1 Å². The van der Waals surface area contributed by atoms with Crippen molar-refractivity contribution in [3.05, 3.63) is 40.8 Å². The van der Waals surface area contributed by atoms with Crippen LogP contribution in [0.1, 0.15) is 12.6 Å². The number of carbonyl (C=O) groups excluding carboxylic acids is 1. The molecular weight excluding hydrogens is 347 g/mol. The monoisotopic (exact) mass is 366 g/mol. The van der Waals surface area contributed by atoms with Crippen LogP contribution in [0.25, 0.3) is 0 Å². The predicted molar refractivity (Wildman–Crippen MR) is 97.9 cm³/mol. The Bertz CT molecular complexity index is 743. The van der Waals surface area contributed by atoms with Gasteiger partial charge in [-0.15, -0.1) is 0 Å². The van der Waals surface area contributed by atoms with Crippen LogP contribution in [0, 0.1) is 12.7 Å². The number of nitrogens with zero attached hydrogens (tertiary/aromatic N) is 2. The number of hydrogen-bond acceptors (Lipinski definition) is 5. The van der Waals surface area contributed by atoms with Crippen molar-refractivity contribution < 1.29 is 9.18 Å². The van der Waals surface area contributed by atoms with Gasteiger partial charge in [-0.05, 0) is 32.0 Å². The van der Waals surface area contributed by atoms with Crippen LogP contribution in [0.5, 0.6) is 0 Å². The number of rotatable bonds is 7. The zero-order valence-corrected chi connectivity index (χ0v) is 14.7. The molecule has 1 aromatic carbocycles. The van der Waals surface area contributed by atoms with Crippen molar-refractivity contribution in [2.24, 2.45) is 0 Å². The summed E-state index contributed by atoms with van der Waals surface area (Å²) >= 11 is 5.66. The number of urea groups is 1. The number of aromatic nitrogens is 2. The molecule has 1 heterocycles. The van der Waals surface area contributed by atoms with Crippen LogP contribution in [-0.4, -0.2) is 35.6 Å². The second kappa shape index (κ2) is 9.03. The SMILES string of the molecule is CCNc1cc(C)nc(NCCNC(=O)Nc2ccc(F)c(Cl)c2)n1. The lowest BCUT2D eigenvalue weighted by Gasteiger charge is -2.10. The minimum atomic E-state index is -0.535. The molecule has 134 valence electrons. The van der Waals surface area contributed by atoms with Gasteiger partial charge in [0.15, 0.2) is 0 Å². The smallest absolute Gasteiger partial charge is 0.319 e. The third-order valence-electron chi connectivity index (χ3n) is 3.08. The van der Waals surface area contributed by atoms with Crippen LogP contribution in [0.2, 0.25) is 5.02 Å². The summed E-state index contributed by atoms with van der Waals surface area (Å²) < 4.78 is 13.1. The molecule has 0 spiro atoms. The first-order valence-corrected chi connectivity index (χ1v) is 8.19. The molecule has 9 heteroatoms. The van der Waals surface area contributed by atoms with Crippen LogP contribution >= 0.6 is 11.6 Å². The Kier molecular flexibility index (Phi) is 6.76. The van der Waals surface area contributed by atoms with Crippen LogP contribution in [0.15, 0.2) is 24.3 Å². The van der Waals surface area contributed by atoms with Crippen LogP contribution < -0.4 is 21.3 Å². The van der Waals surface area contributed by atoms with Crippen LogP contribution in [0.4, 0.5) is 26.6 Å². The molecule has 0 unspecified atom stereocenters. The highest BCUT2D eigenvalue weighted by Gasteiger charge is 2.05. The summed E-state index contributed by atoms with van der Waals surface area (Å²) in [6.07, 6.45) is 0. The average Bonchev–Trinajstić information content (AvgIpc) is 2.55. The van der Waals surface area contributed by atoms with E-state index in [-0.39, 0.29) is 5.02 Å². The van der Waals surface area contributed by atoms with Gasteiger partial charge in [0.2, 0.25) is 5.95 Å². The second-order valence-corrected chi connectivity index (χ2v) is 5.59. The molecule has 0 atom stereocenters. The first-order chi connectivity index (χ1) is 12.0. The topological polar surface area (TPSA) is 91.0 Å². The van der Waals surface area contributed by atoms with Crippen molar-refractivity contribution in [2.45, 2.75) is 13.8 Å². The molecule has 0 fully saturated rings. The van der Waals surface area contributed by atoms with Gasteiger partial charge in [0.1, 0.15) is 11.6 Å². The minimum Gasteiger partial charge on any atom is -0.370 e. The molecule has 0 saturated heterocycles. The molecule has 25 heavy (non-hydrogen) atoms. The fourth-order valence-electron chi connectivity index (χ4n) is 2.02. The van der Waals surface area contributed by atoms with Crippen molar-refractivity contribution in [3.63, 3.8) is 0 Å². The molecule has 0 saturated carbocycles. The highest BCUT2D eigenvalue weighted by molar-refractivity contribution is 6.31. The number of benzene rings is 1. The molecule has 0 radical (unpaired) electrons. The van der Waals surface area contributed by atoms with E-state index in [1.165, 1.54) is 18.2 Å². The molecule has 2 rings (SSSR count). The first kappa shape index (κ1) is 18.7. The molecule has 0 aliphatic heterocycles. The van der Waals surface area contributed by atoms with Gasteiger partial charge in [-0.1, -0.05) is 11.6 Å². The Hall–Kier alpha value is -2.61. The second-order valence-electron chi connectivity index (χ2n) is 5.19. The molecule has 7 nitrogen and oxygen atoms in total. The standard InChI is InChI=1S/C16H20ClFN6O/c1-3-19-14-8-10(2)22-15(24-14)20-6-7-21-16(25)23-11-4-5-13(18)12(17)9-11/h4-5,8-9H,3,6-7H2,1-2H3,(H2,21,23,25)(H2,19,20,22,24). The number of carbonyl (C=O) groups is 1. The Morgan fingerprint density at radius 3 is 2.72 bits per heavy atom. The molecule has 0 aliphatic carbocycles. The van der Waals surface area contributed by atoms with Gasteiger partial charge in [0.05, 0.1) is 5.02 Å². The minimum absolute atomic E-state index is 0.0486. The summed E-state index contributed by atoms with van der Waals surface area (Å²) in [4.78, 5) is 20.4. The van der Waals surface area contributed by atoms with Crippen LogP contribution in [0.3, 0.4) is 0 Å². The number of aryl methyl sites for hydroxylation is 1. The number of halogens is 2. The summed E-state index contributed by atoms with van der Waals surface area (Å²) in [6.45, 7) is 5.45. The maximum absolute atomic E-state index is 13.1. The molecule has 0 aliphatic rings. The number of amides is 2. The zero-order valence-electron chi connectivity index (χ0n) is 14.0. The van der Waals surface area contributed by atoms with E-state index in [1.54, 1.807) is 0 Å². The number of hydrogen-bond donors (Lipinski definition) is 4. The fourth-order valence-corrected chi connectivity index (χ4v) is 2.20. The van der Waals surface area contributed by atoms with E-state index < -0.39 is 11.8 Å². The third kappa shape index (κ3) is 6.07. The summed E-state index contributed by atoms with van der Waals surface area (Å²) in [6, 6.07) is 5.41. The van der Waals surface area contributed by atoms with Gasteiger partial charge in [-0.3, -0.25) is 0 Å². The normalized spacial score (nSPS) is 10.2. The maximum Gasteiger partial charge on any atom is 0.319 e. The van der Waals surface area contributed by atoms with Crippen LogP contribution in [-0.2, 0) is 0 Å². The van der Waals surface area contributed by atoms with E-state index in [9.17, 15) is 9.18 Å². The summed E-state index contributed by atoms with van der Waals surface area (Å²) in [5, 5.41) is 11.4. The van der Waals surface area contributed by atoms with Crippen molar-refractivity contribution in [1.82, 2.24) is 15.3 Å². The Labute approximate surface area is 150 Å². The molecule has 4 N–H and O–H groups in total. The van der Waals surface area contributed by atoms with Gasteiger partial charge in [-0.25, -0.2) is 14.2 Å². The molecule has 2 amide bonds. The average molecular weight is 367 g/mol. The first-order valence-electron chi connectivity index (χ1n) is 7.81. The lowest BCUT2D eigenvalue weighted by atomic mass is 10.3. The molecule has 1 aromatic heterocycles. The van der Waals surface area contributed by atoms with Gasteiger partial charge in [-0.2, -0.15) is 4.98 Å². The lowest BCUT2D eigenvalue weighted by molar-refractivity contribution is 0.252. The Morgan fingerprint density at radius 1 is 1.20 bits per heavy atom. The number of nitrogens with one attached hydrogen (secondary N) is 4. The van der Waals surface area contributed by atoms with E-state index >= 15 is 0 Å². The Morgan fingerprint density at radius 2 is 2.00 bits per heavy atom. The summed E-state index contributed by atoms with van der Waals surface area (Å²) in [7, 11) is 0. The van der Waals surface area contributed by atoms with Gasteiger partial charge >= 0.3 is 6.03 Å². The summed E-state index contributed by atoms with van der Waals surface area (Å²) in [5.74, 6) is 0.701. The van der Waals surface area contributed by atoms with Gasteiger partial charge in [0.25, 0.3) is 0 Å². The highest BCUT2D eigenvalue weighted by atomic mass is 35.5. The lowest BCUT2D eigenvalue weighted by Crippen LogP contribution is -2.32. The van der Waals surface area contributed by atoms with Crippen molar-refractivity contribution in [1.29, 1.82) is 0 Å². The molecule has 2 aromatic rings. The highest BCUT2D eigenvalue weighted by Crippen LogP contribution is 2.19. The van der Waals surface area contributed by atoms with E-state index in [1.807, 2.05) is 19.9 Å². The molecule has 0 bridgehead atoms. The van der Waals surface area contributed by atoms with Gasteiger partial charge in [0, 0.05) is 37.1 Å². The third-order valence-corrected chi connectivity index (χ3v) is 3.37. The van der Waals surface area contributed by atoms with Gasteiger partial charge < -0.3 is 21.3 Å². The van der Waals surface area contributed by atoms with Crippen molar-refractivity contribution in [2.75, 3.05) is 35.6 Å². The maximum atomic E-state index is 13.1. The van der Waals surface area contributed by atoms with E-state index in [0.29, 0.717) is 24.7 Å². The van der Waals surface area contributed by atoms with Crippen molar-refractivity contribution >= 4 is 35.1 Å². The van der Waals surface area contributed by atoms with E-state index in [2.05, 4.69) is 31.2 Å². The zero-order chi connectivity index (χ0) is 18.2. The van der Waals surface area contributed by atoms with Crippen molar-refractivity contribution in [3.8, 4) is 0 Å². The fraction of sp³-hybridized carbons (Fsp3) is 0.312. The summed E-state index contributed by atoms with van der Waals surface area (Å²) in [5.41, 5.74) is 1.25. The largest absolute Gasteiger partial charge is 0.370 e. The predicted octanol–water partition coefficient (Wildman–Crippen LogP) is 3.24. The number of anilines is 3.